The molecule has 1 heteroatoms. The minimum Gasteiger partial charge on any atom is -0.307 e. The molecule has 0 amide bonds. The molecule has 1 N–H and O–H groups in total. The zero-order chi connectivity index (χ0) is 11.0. The van der Waals surface area contributed by atoms with Crippen LogP contribution in [0.1, 0.15) is 44.2 Å². The van der Waals surface area contributed by atoms with Crippen LogP contribution in [-0.2, 0) is 0 Å². The highest BCUT2D eigenvalue weighted by atomic mass is 15.0. The van der Waals surface area contributed by atoms with Crippen molar-refractivity contribution >= 4 is 0 Å². The fraction of sp³-hybridized carbons (Fsp3) is 0.600. The van der Waals surface area contributed by atoms with E-state index in [1.165, 1.54) is 31.2 Å². The first kappa shape index (κ1) is 10.3. The van der Waals surface area contributed by atoms with Crippen molar-refractivity contribution < 1.29 is 0 Å². The third kappa shape index (κ3) is 2.15. The summed E-state index contributed by atoms with van der Waals surface area (Å²) in [5.41, 5.74) is 1.49. The number of nitrogens with one attached hydrogen (secondary N) is 1. The van der Waals surface area contributed by atoms with E-state index in [0.717, 1.165) is 17.9 Å². The molecule has 1 atom stereocenters. The third-order valence-corrected chi connectivity index (χ3v) is 4.04. The summed E-state index contributed by atoms with van der Waals surface area (Å²) in [6.45, 7) is 2.35. The number of benzene rings is 1. The van der Waals surface area contributed by atoms with Crippen LogP contribution in [0.5, 0.6) is 0 Å². The Balaban J connectivity index is 1.67. The molecule has 2 fully saturated rings. The van der Waals surface area contributed by atoms with Crippen LogP contribution in [0.2, 0.25) is 0 Å². The lowest BCUT2D eigenvalue weighted by molar-refractivity contribution is 0.215. The molecule has 0 heterocycles. The van der Waals surface area contributed by atoms with Crippen LogP contribution in [-0.4, -0.2) is 6.04 Å². The summed E-state index contributed by atoms with van der Waals surface area (Å²) < 4.78 is 0. The Hall–Kier alpha value is -0.820. The van der Waals surface area contributed by atoms with E-state index in [-0.39, 0.29) is 0 Å². The van der Waals surface area contributed by atoms with Crippen LogP contribution < -0.4 is 5.32 Å². The molecule has 16 heavy (non-hydrogen) atoms. The molecule has 3 rings (SSSR count). The first-order valence-corrected chi connectivity index (χ1v) is 6.64. The van der Waals surface area contributed by atoms with Crippen molar-refractivity contribution in [3.63, 3.8) is 0 Å². The number of hydrogen-bond acceptors (Lipinski definition) is 1. The van der Waals surface area contributed by atoms with E-state index in [1.807, 2.05) is 0 Å². The third-order valence-electron chi connectivity index (χ3n) is 4.04. The van der Waals surface area contributed by atoms with Gasteiger partial charge in [0.25, 0.3) is 0 Å². The maximum atomic E-state index is 3.86. The lowest BCUT2D eigenvalue weighted by Gasteiger charge is -2.37. The maximum absolute atomic E-state index is 3.86. The topological polar surface area (TPSA) is 12.0 Å². The standard InChI is InChI=1S/C15H21N/c1-11-9-14(10-11)16-15(13-7-8-13)12-5-3-2-4-6-12/h2-6,11,13-16H,7-10H2,1H3. The van der Waals surface area contributed by atoms with Gasteiger partial charge in [-0.3, -0.25) is 0 Å². The highest BCUT2D eigenvalue weighted by molar-refractivity contribution is 5.21. The molecule has 1 nitrogen and oxygen atoms in total. The maximum Gasteiger partial charge on any atom is 0.0351 e. The lowest BCUT2D eigenvalue weighted by atomic mass is 9.81. The molecule has 86 valence electrons. The number of rotatable bonds is 4. The molecular weight excluding hydrogens is 194 g/mol. The molecule has 0 aliphatic heterocycles. The monoisotopic (exact) mass is 215 g/mol. The molecule has 0 radical (unpaired) electrons. The molecule has 0 aromatic heterocycles. The average Bonchev–Trinajstić information content (AvgIpc) is 3.08. The summed E-state index contributed by atoms with van der Waals surface area (Å²) in [5.74, 6) is 1.84. The van der Waals surface area contributed by atoms with Gasteiger partial charge in [-0.25, -0.2) is 0 Å². The average molecular weight is 215 g/mol. The van der Waals surface area contributed by atoms with Crippen LogP contribution >= 0.6 is 0 Å². The second kappa shape index (κ2) is 4.21. The van der Waals surface area contributed by atoms with E-state index in [1.54, 1.807) is 0 Å². The molecule has 0 saturated heterocycles. The minimum absolute atomic E-state index is 0.624. The molecular formula is C15H21N. The fourth-order valence-corrected chi connectivity index (χ4v) is 2.89. The Morgan fingerprint density at radius 2 is 1.81 bits per heavy atom. The van der Waals surface area contributed by atoms with Gasteiger partial charge >= 0.3 is 0 Å². The molecule has 2 aliphatic rings. The highest BCUT2D eigenvalue weighted by Crippen LogP contribution is 2.42. The molecule has 0 bridgehead atoms. The Kier molecular flexibility index (Phi) is 2.72. The van der Waals surface area contributed by atoms with E-state index < -0.39 is 0 Å². The molecule has 2 saturated carbocycles. The van der Waals surface area contributed by atoms with E-state index in [0.29, 0.717) is 6.04 Å². The van der Waals surface area contributed by atoms with E-state index in [4.69, 9.17) is 0 Å². The Labute approximate surface area is 98.3 Å². The molecule has 0 spiro atoms. The summed E-state index contributed by atoms with van der Waals surface area (Å²) in [6.07, 6.45) is 5.57. The Morgan fingerprint density at radius 1 is 1.12 bits per heavy atom. The second-order valence-corrected chi connectivity index (χ2v) is 5.67. The molecule has 2 aliphatic carbocycles. The second-order valence-electron chi connectivity index (χ2n) is 5.67. The van der Waals surface area contributed by atoms with Crippen molar-refractivity contribution in [3.8, 4) is 0 Å². The Bertz CT molecular complexity index is 336. The molecule has 1 aromatic carbocycles. The van der Waals surface area contributed by atoms with Gasteiger partial charge in [-0.2, -0.15) is 0 Å². The fourth-order valence-electron chi connectivity index (χ4n) is 2.89. The van der Waals surface area contributed by atoms with E-state index >= 15 is 0 Å². The summed E-state index contributed by atoms with van der Waals surface area (Å²) >= 11 is 0. The van der Waals surface area contributed by atoms with E-state index in [2.05, 4.69) is 42.6 Å². The van der Waals surface area contributed by atoms with Gasteiger partial charge in [0.15, 0.2) is 0 Å². The smallest absolute Gasteiger partial charge is 0.0351 e. The van der Waals surface area contributed by atoms with Gasteiger partial charge in [0.1, 0.15) is 0 Å². The van der Waals surface area contributed by atoms with Crippen molar-refractivity contribution in [3.05, 3.63) is 35.9 Å². The van der Waals surface area contributed by atoms with Crippen molar-refractivity contribution in [1.29, 1.82) is 0 Å². The normalized spacial score (nSPS) is 30.8. The molecule has 1 aromatic rings. The van der Waals surface area contributed by atoms with Gasteiger partial charge < -0.3 is 5.32 Å². The first-order chi connectivity index (χ1) is 7.83. The van der Waals surface area contributed by atoms with Crippen molar-refractivity contribution in [2.75, 3.05) is 0 Å². The summed E-state index contributed by atoms with van der Waals surface area (Å²) in [5, 5.41) is 3.86. The summed E-state index contributed by atoms with van der Waals surface area (Å²) in [7, 11) is 0. The summed E-state index contributed by atoms with van der Waals surface area (Å²) in [4.78, 5) is 0. The zero-order valence-electron chi connectivity index (χ0n) is 10.0. The van der Waals surface area contributed by atoms with Crippen LogP contribution in [0.25, 0.3) is 0 Å². The summed E-state index contributed by atoms with van der Waals surface area (Å²) in [6, 6.07) is 12.4. The van der Waals surface area contributed by atoms with Gasteiger partial charge in [-0.05, 0) is 43.1 Å². The van der Waals surface area contributed by atoms with Crippen molar-refractivity contribution in [1.82, 2.24) is 5.32 Å². The van der Waals surface area contributed by atoms with Gasteiger partial charge in [-0.1, -0.05) is 37.3 Å². The van der Waals surface area contributed by atoms with Crippen LogP contribution in [0, 0.1) is 11.8 Å². The first-order valence-electron chi connectivity index (χ1n) is 6.64. The van der Waals surface area contributed by atoms with Crippen molar-refractivity contribution in [2.45, 2.75) is 44.7 Å². The van der Waals surface area contributed by atoms with Crippen LogP contribution in [0.15, 0.2) is 30.3 Å². The quantitative estimate of drug-likeness (QED) is 0.810. The minimum atomic E-state index is 0.624. The number of hydrogen-bond donors (Lipinski definition) is 1. The van der Waals surface area contributed by atoms with Crippen LogP contribution in [0.3, 0.4) is 0 Å². The predicted molar refractivity (Wildman–Crippen MR) is 67.2 cm³/mol. The Morgan fingerprint density at radius 3 is 2.38 bits per heavy atom. The van der Waals surface area contributed by atoms with Crippen LogP contribution in [0.4, 0.5) is 0 Å². The van der Waals surface area contributed by atoms with Gasteiger partial charge in [0.2, 0.25) is 0 Å². The van der Waals surface area contributed by atoms with Gasteiger partial charge in [0, 0.05) is 12.1 Å². The predicted octanol–water partition coefficient (Wildman–Crippen LogP) is 3.53. The lowest BCUT2D eigenvalue weighted by Crippen LogP contribution is -2.42. The van der Waals surface area contributed by atoms with E-state index in [9.17, 15) is 0 Å². The largest absolute Gasteiger partial charge is 0.307 e. The van der Waals surface area contributed by atoms with Crippen molar-refractivity contribution in [2.24, 2.45) is 11.8 Å². The van der Waals surface area contributed by atoms with Gasteiger partial charge in [0.05, 0.1) is 0 Å². The SMILES string of the molecule is CC1CC(NC(c2ccccc2)C2CC2)C1. The zero-order valence-corrected chi connectivity index (χ0v) is 10.0. The highest BCUT2D eigenvalue weighted by Gasteiger charge is 2.35. The van der Waals surface area contributed by atoms with Gasteiger partial charge in [-0.15, -0.1) is 0 Å². The molecule has 1 unspecified atom stereocenters.